The van der Waals surface area contributed by atoms with Gasteiger partial charge in [0.25, 0.3) is 0 Å². The number of nitrogens with one attached hydrogen (secondary N) is 1. The first-order chi connectivity index (χ1) is 10.1. The number of halogens is 2. The maximum absolute atomic E-state index is 13.7. The monoisotopic (exact) mass is 288 g/mol. The number of hydrogen-bond acceptors (Lipinski definition) is 2. The zero-order chi connectivity index (χ0) is 15.0. The Morgan fingerprint density at radius 3 is 2.52 bits per heavy atom. The summed E-state index contributed by atoms with van der Waals surface area (Å²) in [6.07, 6.45) is 1.63. The molecule has 106 valence electrons. The van der Waals surface area contributed by atoms with Crippen molar-refractivity contribution in [1.29, 1.82) is 0 Å². The molecule has 0 spiro atoms. The van der Waals surface area contributed by atoms with Crippen molar-refractivity contribution in [3.05, 3.63) is 70.6 Å². The minimum Gasteiger partial charge on any atom is -0.268 e. The average Bonchev–Trinajstić information content (AvgIpc) is 2.48. The number of benzene rings is 1. The second-order valence-corrected chi connectivity index (χ2v) is 4.58. The Labute approximate surface area is 118 Å². The molecule has 1 N–H and O–H groups in total. The number of fused-ring (bicyclic) bond motifs is 1. The number of para-hydroxylation sites is 1. The molecule has 0 amide bonds. The van der Waals surface area contributed by atoms with E-state index in [9.17, 15) is 13.6 Å². The van der Waals surface area contributed by atoms with Crippen LogP contribution in [0.2, 0.25) is 0 Å². The summed E-state index contributed by atoms with van der Waals surface area (Å²) in [5.41, 5.74) is 0.0278. The van der Waals surface area contributed by atoms with Crippen LogP contribution < -0.4 is 15.4 Å². The Morgan fingerprint density at radius 1 is 1.10 bits per heavy atom. The van der Waals surface area contributed by atoms with Crippen LogP contribution in [0.25, 0.3) is 5.65 Å². The van der Waals surface area contributed by atoms with Crippen LogP contribution in [0.15, 0.2) is 53.5 Å². The maximum atomic E-state index is 13.7. The molecule has 0 saturated heterocycles. The molecule has 0 aliphatic carbocycles. The standard InChI is InChI=1S/C15H11F2N3O/c1-19-12(18-15-10(16)5-4-6-11(15)17)9-14(21)20-8-3-2-7-13(19)20/h2-9H,1H3/p+1. The molecule has 6 heteroatoms. The second kappa shape index (κ2) is 4.97. The number of pyridine rings is 1. The van der Waals surface area contributed by atoms with Gasteiger partial charge in [-0.3, -0.25) is 10.1 Å². The highest BCUT2D eigenvalue weighted by atomic mass is 19.1. The van der Waals surface area contributed by atoms with E-state index in [0.29, 0.717) is 11.5 Å². The smallest absolute Gasteiger partial charge is 0.268 e. The summed E-state index contributed by atoms with van der Waals surface area (Å²) in [5.74, 6) is -1.14. The molecule has 2 heterocycles. The van der Waals surface area contributed by atoms with Crippen molar-refractivity contribution in [2.45, 2.75) is 0 Å². The minimum atomic E-state index is -0.719. The largest absolute Gasteiger partial charge is 0.317 e. The zero-order valence-electron chi connectivity index (χ0n) is 11.2. The van der Waals surface area contributed by atoms with Gasteiger partial charge in [0.15, 0.2) is 17.3 Å². The molecule has 2 aromatic heterocycles. The van der Waals surface area contributed by atoms with Crippen molar-refractivity contribution in [3.8, 4) is 0 Å². The highest BCUT2D eigenvalue weighted by Gasteiger charge is 2.17. The van der Waals surface area contributed by atoms with Gasteiger partial charge in [-0.1, -0.05) is 12.1 Å². The Bertz CT molecular complexity index is 869. The van der Waals surface area contributed by atoms with Crippen LogP contribution in [0.3, 0.4) is 0 Å². The van der Waals surface area contributed by atoms with Crippen LogP contribution in [0.4, 0.5) is 20.3 Å². The van der Waals surface area contributed by atoms with Crippen LogP contribution in [-0.2, 0) is 7.05 Å². The van der Waals surface area contributed by atoms with E-state index in [1.54, 1.807) is 36.0 Å². The van der Waals surface area contributed by atoms with Gasteiger partial charge in [-0.2, -0.15) is 4.40 Å². The van der Waals surface area contributed by atoms with E-state index in [2.05, 4.69) is 5.32 Å². The molecule has 0 bridgehead atoms. The topological polar surface area (TPSA) is 37.4 Å². The third kappa shape index (κ3) is 2.24. The Morgan fingerprint density at radius 2 is 1.81 bits per heavy atom. The number of anilines is 2. The van der Waals surface area contributed by atoms with E-state index in [1.807, 2.05) is 0 Å². The maximum Gasteiger partial charge on any atom is 0.317 e. The number of aryl methyl sites for hydroxylation is 1. The SMILES string of the molecule is C[n+]1c(Nc2c(F)cccc2F)cc(=O)n2ccccc21. The molecular weight excluding hydrogens is 276 g/mol. The first kappa shape index (κ1) is 13.2. The first-order valence-corrected chi connectivity index (χ1v) is 6.29. The van der Waals surface area contributed by atoms with Crippen LogP contribution in [-0.4, -0.2) is 4.40 Å². The van der Waals surface area contributed by atoms with Crippen molar-refractivity contribution in [2.75, 3.05) is 5.32 Å². The molecule has 21 heavy (non-hydrogen) atoms. The quantitative estimate of drug-likeness (QED) is 0.734. The fourth-order valence-electron chi connectivity index (χ4n) is 2.17. The van der Waals surface area contributed by atoms with E-state index < -0.39 is 11.6 Å². The van der Waals surface area contributed by atoms with Crippen LogP contribution in [0.5, 0.6) is 0 Å². The molecule has 0 atom stereocenters. The molecule has 0 fully saturated rings. The molecule has 3 rings (SSSR count). The summed E-state index contributed by atoms with van der Waals surface area (Å²) in [7, 11) is 1.70. The van der Waals surface area contributed by atoms with E-state index >= 15 is 0 Å². The molecule has 3 aromatic rings. The van der Waals surface area contributed by atoms with Crippen molar-refractivity contribution < 1.29 is 13.3 Å². The Hall–Kier alpha value is -2.76. The van der Waals surface area contributed by atoms with Gasteiger partial charge in [0.2, 0.25) is 11.5 Å². The average molecular weight is 288 g/mol. The first-order valence-electron chi connectivity index (χ1n) is 6.29. The summed E-state index contributed by atoms with van der Waals surface area (Å²) in [6.45, 7) is 0. The van der Waals surface area contributed by atoms with Gasteiger partial charge in [-0.05, 0) is 18.2 Å². The lowest BCUT2D eigenvalue weighted by Crippen LogP contribution is -2.38. The molecule has 0 unspecified atom stereocenters. The lowest BCUT2D eigenvalue weighted by atomic mass is 10.3. The van der Waals surface area contributed by atoms with E-state index in [1.165, 1.54) is 16.5 Å². The Balaban J connectivity index is 2.18. The molecule has 0 aliphatic rings. The lowest BCUT2D eigenvalue weighted by molar-refractivity contribution is -0.633. The van der Waals surface area contributed by atoms with E-state index in [4.69, 9.17) is 0 Å². The summed E-state index contributed by atoms with van der Waals surface area (Å²) in [6, 6.07) is 10.1. The Kier molecular flexibility index (Phi) is 3.13. The van der Waals surface area contributed by atoms with Gasteiger partial charge in [0.1, 0.15) is 0 Å². The van der Waals surface area contributed by atoms with Crippen molar-refractivity contribution in [2.24, 2.45) is 7.05 Å². The fraction of sp³-hybridized carbons (Fsp3) is 0.0667. The number of hydrogen-bond donors (Lipinski definition) is 1. The molecule has 1 aromatic carbocycles. The highest BCUT2D eigenvalue weighted by Crippen LogP contribution is 2.20. The summed E-state index contributed by atoms with van der Waals surface area (Å²) in [5, 5.41) is 2.64. The number of aromatic nitrogens is 2. The van der Waals surface area contributed by atoms with Gasteiger partial charge in [-0.15, -0.1) is 0 Å². The molecular formula is C15H12F2N3O+. The van der Waals surface area contributed by atoms with Crippen molar-refractivity contribution in [1.82, 2.24) is 4.40 Å². The zero-order valence-corrected chi connectivity index (χ0v) is 11.2. The normalized spacial score (nSPS) is 10.8. The van der Waals surface area contributed by atoms with E-state index in [0.717, 1.165) is 12.1 Å². The molecule has 0 radical (unpaired) electrons. The molecule has 0 saturated carbocycles. The van der Waals surface area contributed by atoms with Crippen LogP contribution >= 0.6 is 0 Å². The van der Waals surface area contributed by atoms with E-state index in [-0.39, 0.29) is 11.2 Å². The lowest BCUT2D eigenvalue weighted by Gasteiger charge is -2.08. The predicted molar refractivity (Wildman–Crippen MR) is 74.5 cm³/mol. The third-order valence-corrected chi connectivity index (χ3v) is 3.26. The fourth-order valence-corrected chi connectivity index (χ4v) is 2.17. The second-order valence-electron chi connectivity index (χ2n) is 4.58. The number of rotatable bonds is 2. The summed E-state index contributed by atoms with van der Waals surface area (Å²) in [4.78, 5) is 12.0. The van der Waals surface area contributed by atoms with Gasteiger partial charge >= 0.3 is 5.56 Å². The minimum absolute atomic E-state index is 0.284. The van der Waals surface area contributed by atoms with Crippen molar-refractivity contribution in [3.63, 3.8) is 0 Å². The van der Waals surface area contributed by atoms with Gasteiger partial charge in [-0.25, -0.2) is 13.3 Å². The molecule has 0 aliphatic heterocycles. The predicted octanol–water partition coefficient (Wildman–Crippen LogP) is 2.15. The number of nitrogens with zero attached hydrogens (tertiary/aromatic N) is 2. The van der Waals surface area contributed by atoms with Crippen LogP contribution in [0.1, 0.15) is 0 Å². The summed E-state index contributed by atoms with van der Waals surface area (Å²) >= 11 is 0. The van der Waals surface area contributed by atoms with Crippen LogP contribution in [0, 0.1) is 11.6 Å². The highest BCUT2D eigenvalue weighted by molar-refractivity contribution is 5.56. The van der Waals surface area contributed by atoms with Gasteiger partial charge in [0, 0.05) is 6.07 Å². The van der Waals surface area contributed by atoms with Gasteiger partial charge < -0.3 is 0 Å². The third-order valence-electron chi connectivity index (χ3n) is 3.26. The van der Waals surface area contributed by atoms with Gasteiger partial charge in [0.05, 0.1) is 19.3 Å². The molecule has 4 nitrogen and oxygen atoms in total. The summed E-state index contributed by atoms with van der Waals surface area (Å²) < 4.78 is 30.5. The van der Waals surface area contributed by atoms with Crippen molar-refractivity contribution >= 4 is 17.2 Å².